The minimum atomic E-state index is -0.182. The van der Waals surface area contributed by atoms with Crippen LogP contribution in [0.1, 0.15) is 59.6 Å². The third kappa shape index (κ3) is 4.40. The van der Waals surface area contributed by atoms with Gasteiger partial charge in [0.15, 0.2) is 0 Å². The van der Waals surface area contributed by atoms with Crippen LogP contribution in [0.15, 0.2) is 42.6 Å². The summed E-state index contributed by atoms with van der Waals surface area (Å²) in [6.07, 6.45) is 5.04. The number of benzene rings is 1. The van der Waals surface area contributed by atoms with Gasteiger partial charge in [-0.15, -0.1) is 0 Å². The van der Waals surface area contributed by atoms with Gasteiger partial charge in [-0.3, -0.25) is 14.6 Å². The van der Waals surface area contributed by atoms with E-state index in [-0.39, 0.29) is 5.82 Å². The third-order valence-electron chi connectivity index (χ3n) is 5.91. The number of halogens is 1. The fourth-order valence-corrected chi connectivity index (χ4v) is 4.45. The number of pyridine rings is 1. The predicted molar refractivity (Wildman–Crippen MR) is 113 cm³/mol. The number of aromatic nitrogens is 3. The van der Waals surface area contributed by atoms with Crippen LogP contribution < -0.4 is 0 Å². The van der Waals surface area contributed by atoms with Gasteiger partial charge in [0.05, 0.1) is 17.9 Å². The Bertz CT molecular complexity index is 994. The van der Waals surface area contributed by atoms with Gasteiger partial charge >= 0.3 is 0 Å². The Labute approximate surface area is 172 Å². The molecule has 1 aromatic carbocycles. The summed E-state index contributed by atoms with van der Waals surface area (Å²) in [6.45, 7) is 9.21. The van der Waals surface area contributed by atoms with Gasteiger partial charge in [0.25, 0.3) is 0 Å². The second kappa shape index (κ2) is 8.46. The smallest absolute Gasteiger partial charge is 0.123 e. The highest BCUT2D eigenvalue weighted by Gasteiger charge is 2.28. The molecule has 4 nitrogen and oxygen atoms in total. The van der Waals surface area contributed by atoms with E-state index in [0.717, 1.165) is 49.4 Å². The summed E-state index contributed by atoms with van der Waals surface area (Å²) in [7, 11) is 0. The van der Waals surface area contributed by atoms with Gasteiger partial charge in [0, 0.05) is 30.0 Å². The van der Waals surface area contributed by atoms with Crippen molar-refractivity contribution in [3.63, 3.8) is 0 Å². The fourth-order valence-electron chi connectivity index (χ4n) is 4.45. The molecule has 4 rings (SSSR count). The predicted octanol–water partition coefficient (Wildman–Crippen LogP) is 4.98. The van der Waals surface area contributed by atoms with Crippen molar-refractivity contribution in [3.8, 4) is 0 Å². The Morgan fingerprint density at radius 1 is 1.14 bits per heavy atom. The summed E-state index contributed by atoms with van der Waals surface area (Å²) >= 11 is 0. The van der Waals surface area contributed by atoms with E-state index in [9.17, 15) is 4.39 Å². The zero-order valence-corrected chi connectivity index (χ0v) is 17.5. The molecular formula is C24H29FN4. The van der Waals surface area contributed by atoms with Crippen LogP contribution in [0.25, 0.3) is 0 Å². The molecule has 0 bridgehead atoms. The molecule has 5 heteroatoms. The monoisotopic (exact) mass is 392 g/mol. The van der Waals surface area contributed by atoms with E-state index in [1.165, 1.54) is 29.3 Å². The summed E-state index contributed by atoms with van der Waals surface area (Å²) in [5.74, 6) is -0.182. The summed E-state index contributed by atoms with van der Waals surface area (Å²) in [6, 6.07) is 11.5. The minimum Gasteiger partial charge on any atom is -0.290 e. The number of rotatable bonds is 6. The Hall–Kier alpha value is -2.53. The second-order valence-electron chi connectivity index (χ2n) is 8.05. The Balaban J connectivity index is 1.56. The van der Waals surface area contributed by atoms with Crippen molar-refractivity contribution in [3.05, 3.63) is 82.2 Å². The quantitative estimate of drug-likeness (QED) is 0.593. The van der Waals surface area contributed by atoms with Crippen LogP contribution in [0, 0.1) is 19.7 Å². The average molecular weight is 393 g/mol. The first-order chi connectivity index (χ1) is 14.0. The summed E-state index contributed by atoms with van der Waals surface area (Å²) in [5.41, 5.74) is 6.89. The number of hydrogen-bond donors (Lipinski definition) is 0. The van der Waals surface area contributed by atoms with Gasteiger partial charge in [0.2, 0.25) is 0 Å². The van der Waals surface area contributed by atoms with Gasteiger partial charge in [-0.05, 0) is 82.0 Å². The van der Waals surface area contributed by atoms with E-state index in [2.05, 4.69) is 40.7 Å². The SMILES string of the molecule is CCn1ncc(CN2CCC[C@H]2c2cc(Cc3cccc(F)c3)cc(C)n2)c1C. The Morgan fingerprint density at radius 3 is 2.76 bits per heavy atom. The van der Waals surface area contributed by atoms with Crippen LogP contribution >= 0.6 is 0 Å². The van der Waals surface area contributed by atoms with Gasteiger partial charge in [-0.2, -0.15) is 5.10 Å². The molecule has 1 aliphatic rings. The lowest BCUT2D eigenvalue weighted by molar-refractivity contribution is 0.243. The zero-order chi connectivity index (χ0) is 20.4. The third-order valence-corrected chi connectivity index (χ3v) is 5.91. The first kappa shape index (κ1) is 19.8. The molecule has 3 aromatic rings. The number of nitrogens with zero attached hydrogens (tertiary/aromatic N) is 4. The minimum absolute atomic E-state index is 0.182. The van der Waals surface area contributed by atoms with Crippen LogP contribution in [-0.4, -0.2) is 26.2 Å². The van der Waals surface area contributed by atoms with E-state index in [1.54, 1.807) is 12.1 Å². The van der Waals surface area contributed by atoms with E-state index < -0.39 is 0 Å². The van der Waals surface area contributed by atoms with Crippen molar-refractivity contribution < 1.29 is 4.39 Å². The summed E-state index contributed by atoms with van der Waals surface area (Å²) < 4.78 is 15.6. The Kier molecular flexibility index (Phi) is 5.76. The molecule has 1 saturated heterocycles. The van der Waals surface area contributed by atoms with Gasteiger partial charge in [-0.25, -0.2) is 4.39 Å². The molecule has 0 spiro atoms. The van der Waals surface area contributed by atoms with E-state index in [0.29, 0.717) is 6.04 Å². The molecule has 0 unspecified atom stereocenters. The Morgan fingerprint density at radius 2 is 2.00 bits per heavy atom. The van der Waals surface area contributed by atoms with Crippen molar-refractivity contribution in [2.75, 3.05) is 6.54 Å². The van der Waals surface area contributed by atoms with Crippen LogP contribution in [0.3, 0.4) is 0 Å². The maximum absolute atomic E-state index is 13.6. The molecule has 3 heterocycles. The topological polar surface area (TPSA) is 34.0 Å². The van der Waals surface area contributed by atoms with E-state index in [1.807, 2.05) is 19.2 Å². The van der Waals surface area contributed by atoms with Gasteiger partial charge in [0.1, 0.15) is 5.82 Å². The standard InChI is InChI=1S/C24H29FN4/c1-4-29-18(3)21(15-26-29)16-28-10-6-9-24(28)23-14-20(11-17(2)27-23)12-19-7-5-8-22(25)13-19/h5,7-8,11,13-15,24H,4,6,9-10,12,16H2,1-3H3/t24-/m0/s1. The number of likely N-dealkylation sites (tertiary alicyclic amines) is 1. The van der Waals surface area contributed by atoms with Gasteiger partial charge in [-0.1, -0.05) is 12.1 Å². The van der Waals surface area contributed by atoms with Crippen molar-refractivity contribution in [1.29, 1.82) is 0 Å². The van der Waals surface area contributed by atoms with Crippen molar-refractivity contribution in [2.24, 2.45) is 0 Å². The molecule has 2 aromatic heterocycles. The first-order valence-corrected chi connectivity index (χ1v) is 10.5. The molecule has 1 fully saturated rings. The molecular weight excluding hydrogens is 363 g/mol. The summed E-state index contributed by atoms with van der Waals surface area (Å²) in [5, 5.41) is 4.50. The lowest BCUT2D eigenvalue weighted by Crippen LogP contribution is -2.24. The highest BCUT2D eigenvalue weighted by molar-refractivity contribution is 5.30. The highest BCUT2D eigenvalue weighted by Crippen LogP contribution is 2.33. The van der Waals surface area contributed by atoms with Crippen LogP contribution in [0.5, 0.6) is 0 Å². The normalized spacial score (nSPS) is 17.2. The highest BCUT2D eigenvalue weighted by atomic mass is 19.1. The maximum atomic E-state index is 13.6. The van der Waals surface area contributed by atoms with Crippen molar-refractivity contribution in [2.45, 2.75) is 59.2 Å². The molecule has 0 amide bonds. The lowest BCUT2D eigenvalue weighted by Gasteiger charge is -2.24. The van der Waals surface area contributed by atoms with Gasteiger partial charge < -0.3 is 0 Å². The van der Waals surface area contributed by atoms with Crippen molar-refractivity contribution in [1.82, 2.24) is 19.7 Å². The van der Waals surface area contributed by atoms with Crippen LogP contribution in [0.4, 0.5) is 4.39 Å². The molecule has 1 atom stereocenters. The maximum Gasteiger partial charge on any atom is 0.123 e. The van der Waals surface area contributed by atoms with Crippen molar-refractivity contribution >= 4 is 0 Å². The molecule has 0 N–H and O–H groups in total. The first-order valence-electron chi connectivity index (χ1n) is 10.5. The molecule has 0 saturated carbocycles. The zero-order valence-electron chi connectivity index (χ0n) is 17.5. The summed E-state index contributed by atoms with van der Waals surface area (Å²) in [4.78, 5) is 7.40. The lowest BCUT2D eigenvalue weighted by atomic mass is 10.0. The molecule has 152 valence electrons. The number of aryl methyl sites for hydroxylation is 2. The molecule has 1 aliphatic heterocycles. The molecule has 0 aliphatic carbocycles. The fraction of sp³-hybridized carbons (Fsp3) is 0.417. The number of hydrogen-bond acceptors (Lipinski definition) is 3. The molecule has 0 radical (unpaired) electrons. The van der Waals surface area contributed by atoms with E-state index >= 15 is 0 Å². The van der Waals surface area contributed by atoms with Crippen LogP contribution in [-0.2, 0) is 19.5 Å². The molecule has 29 heavy (non-hydrogen) atoms. The van der Waals surface area contributed by atoms with Crippen LogP contribution in [0.2, 0.25) is 0 Å². The average Bonchev–Trinajstić information content (AvgIpc) is 3.28. The largest absolute Gasteiger partial charge is 0.290 e. The van der Waals surface area contributed by atoms with E-state index in [4.69, 9.17) is 4.98 Å². The second-order valence-corrected chi connectivity index (χ2v) is 8.05.